The first kappa shape index (κ1) is 13.0. The van der Waals surface area contributed by atoms with Crippen molar-refractivity contribution in [3.05, 3.63) is 29.6 Å². The fraction of sp³-hybridized carbons (Fsp3) is 0.467. The SMILES string of the molecule is O=C(c1ncoc1-c1cccs1)N1CCOC[C@@H]1C1CC1. The highest BCUT2D eigenvalue weighted by atomic mass is 32.1. The number of ether oxygens (including phenoxy) is 1. The molecular formula is C15H16N2O3S. The van der Waals surface area contributed by atoms with Crippen LogP contribution in [0.3, 0.4) is 0 Å². The first-order chi connectivity index (χ1) is 10.3. The van der Waals surface area contributed by atoms with Crippen molar-refractivity contribution in [2.24, 2.45) is 5.92 Å². The van der Waals surface area contributed by atoms with Gasteiger partial charge in [-0.3, -0.25) is 4.79 Å². The predicted molar refractivity (Wildman–Crippen MR) is 78.2 cm³/mol. The minimum atomic E-state index is -0.0349. The maximum atomic E-state index is 12.9. The fourth-order valence-electron chi connectivity index (χ4n) is 2.86. The molecule has 2 aliphatic rings. The van der Waals surface area contributed by atoms with E-state index in [-0.39, 0.29) is 11.9 Å². The highest BCUT2D eigenvalue weighted by molar-refractivity contribution is 7.13. The lowest BCUT2D eigenvalue weighted by Crippen LogP contribution is -2.50. The van der Waals surface area contributed by atoms with E-state index < -0.39 is 0 Å². The molecule has 3 heterocycles. The van der Waals surface area contributed by atoms with Crippen molar-refractivity contribution >= 4 is 17.2 Å². The van der Waals surface area contributed by atoms with Gasteiger partial charge in [-0.25, -0.2) is 4.98 Å². The van der Waals surface area contributed by atoms with Gasteiger partial charge in [0.15, 0.2) is 17.8 Å². The molecule has 1 aliphatic heterocycles. The van der Waals surface area contributed by atoms with Crippen LogP contribution < -0.4 is 0 Å². The zero-order valence-electron chi connectivity index (χ0n) is 11.5. The molecule has 0 aromatic carbocycles. The number of thiophene rings is 1. The molecule has 1 saturated heterocycles. The van der Waals surface area contributed by atoms with Crippen LogP contribution in [-0.2, 0) is 4.74 Å². The first-order valence-corrected chi connectivity index (χ1v) is 8.08. The summed E-state index contributed by atoms with van der Waals surface area (Å²) >= 11 is 1.55. The molecule has 0 bridgehead atoms. The van der Waals surface area contributed by atoms with Crippen LogP contribution in [0.5, 0.6) is 0 Å². The molecule has 2 aromatic rings. The number of carbonyl (C=O) groups is 1. The lowest BCUT2D eigenvalue weighted by molar-refractivity contribution is -0.00858. The summed E-state index contributed by atoms with van der Waals surface area (Å²) in [5.74, 6) is 1.13. The van der Waals surface area contributed by atoms with Crippen LogP contribution >= 0.6 is 11.3 Å². The van der Waals surface area contributed by atoms with Crippen LogP contribution in [0.2, 0.25) is 0 Å². The van der Waals surface area contributed by atoms with Gasteiger partial charge < -0.3 is 14.1 Å². The van der Waals surface area contributed by atoms with Gasteiger partial charge >= 0.3 is 0 Å². The number of amides is 1. The minimum absolute atomic E-state index is 0.0349. The van der Waals surface area contributed by atoms with Gasteiger partial charge in [0.25, 0.3) is 5.91 Å². The van der Waals surface area contributed by atoms with Crippen molar-refractivity contribution in [2.75, 3.05) is 19.8 Å². The standard InChI is InChI=1S/C15H16N2O3S/c18-15(17-5-6-19-8-11(17)10-3-4-10)13-14(20-9-16-13)12-2-1-7-21-12/h1-2,7,9-11H,3-6,8H2/t11-/m1/s1. The monoisotopic (exact) mass is 304 g/mol. The number of nitrogens with zero attached hydrogens (tertiary/aromatic N) is 2. The number of hydrogen-bond donors (Lipinski definition) is 0. The van der Waals surface area contributed by atoms with Gasteiger partial charge in [0, 0.05) is 6.54 Å². The number of oxazole rings is 1. The summed E-state index contributed by atoms with van der Waals surface area (Å²) in [7, 11) is 0. The molecule has 0 N–H and O–H groups in total. The van der Waals surface area contributed by atoms with Crippen molar-refractivity contribution in [1.29, 1.82) is 0 Å². The van der Waals surface area contributed by atoms with Crippen LogP contribution in [-0.4, -0.2) is 41.6 Å². The minimum Gasteiger partial charge on any atom is -0.442 e. The Kier molecular flexibility index (Phi) is 3.27. The molecule has 1 atom stereocenters. The van der Waals surface area contributed by atoms with E-state index in [1.165, 1.54) is 19.2 Å². The Bertz CT molecular complexity index is 633. The molecule has 21 heavy (non-hydrogen) atoms. The molecule has 2 fully saturated rings. The Labute approximate surface area is 126 Å². The number of carbonyl (C=O) groups excluding carboxylic acids is 1. The van der Waals surface area contributed by atoms with E-state index in [1.54, 1.807) is 11.3 Å². The second-order valence-electron chi connectivity index (χ2n) is 5.49. The van der Waals surface area contributed by atoms with Crippen molar-refractivity contribution in [1.82, 2.24) is 9.88 Å². The average Bonchev–Trinajstić information content (AvgIpc) is 3.02. The lowest BCUT2D eigenvalue weighted by Gasteiger charge is -2.35. The number of aromatic nitrogens is 1. The summed E-state index contributed by atoms with van der Waals surface area (Å²) in [5, 5.41) is 1.97. The Morgan fingerprint density at radius 2 is 2.33 bits per heavy atom. The fourth-order valence-corrected chi connectivity index (χ4v) is 3.58. The molecule has 0 radical (unpaired) electrons. The maximum absolute atomic E-state index is 12.9. The van der Waals surface area contributed by atoms with Crippen LogP contribution in [0.25, 0.3) is 10.6 Å². The molecule has 4 rings (SSSR count). The molecule has 1 saturated carbocycles. The van der Waals surface area contributed by atoms with Gasteiger partial charge in [-0.2, -0.15) is 0 Å². The topological polar surface area (TPSA) is 55.6 Å². The van der Waals surface area contributed by atoms with Crippen LogP contribution in [0.4, 0.5) is 0 Å². The van der Waals surface area contributed by atoms with Crippen LogP contribution in [0, 0.1) is 5.92 Å². The predicted octanol–water partition coefficient (Wildman–Crippen LogP) is 2.65. The van der Waals surface area contributed by atoms with Crippen molar-refractivity contribution in [3.8, 4) is 10.6 Å². The van der Waals surface area contributed by atoms with Crippen LogP contribution in [0.1, 0.15) is 23.3 Å². The molecule has 5 nitrogen and oxygen atoms in total. The molecular weight excluding hydrogens is 288 g/mol. The van der Waals surface area contributed by atoms with Gasteiger partial charge in [0.2, 0.25) is 0 Å². The zero-order chi connectivity index (χ0) is 14.2. The van der Waals surface area contributed by atoms with E-state index in [9.17, 15) is 4.79 Å². The molecule has 6 heteroatoms. The summed E-state index contributed by atoms with van der Waals surface area (Å²) < 4.78 is 11.0. The van der Waals surface area contributed by atoms with E-state index in [4.69, 9.17) is 9.15 Å². The summed E-state index contributed by atoms with van der Waals surface area (Å²) in [5.41, 5.74) is 0.421. The van der Waals surface area contributed by atoms with E-state index in [2.05, 4.69) is 4.98 Å². The van der Waals surface area contributed by atoms with E-state index in [1.807, 2.05) is 22.4 Å². The van der Waals surface area contributed by atoms with Gasteiger partial charge in [-0.05, 0) is 30.2 Å². The van der Waals surface area contributed by atoms with Crippen molar-refractivity contribution < 1.29 is 13.9 Å². The van der Waals surface area contributed by atoms with Gasteiger partial charge in [0.1, 0.15) is 0 Å². The second kappa shape index (κ2) is 5.27. The first-order valence-electron chi connectivity index (χ1n) is 7.20. The number of rotatable bonds is 3. The van der Waals surface area contributed by atoms with E-state index in [0.717, 1.165) is 4.88 Å². The smallest absolute Gasteiger partial charge is 0.276 e. The average molecular weight is 304 g/mol. The van der Waals surface area contributed by atoms with E-state index >= 15 is 0 Å². The molecule has 1 aliphatic carbocycles. The van der Waals surface area contributed by atoms with E-state index in [0.29, 0.717) is 37.1 Å². The van der Waals surface area contributed by atoms with Crippen LogP contribution in [0.15, 0.2) is 28.3 Å². The third-order valence-corrected chi connectivity index (χ3v) is 4.98. The Morgan fingerprint density at radius 3 is 3.10 bits per heavy atom. The Morgan fingerprint density at radius 1 is 1.43 bits per heavy atom. The molecule has 1 amide bonds. The normalized spacial score (nSPS) is 22.5. The molecule has 110 valence electrons. The number of hydrogen-bond acceptors (Lipinski definition) is 5. The second-order valence-corrected chi connectivity index (χ2v) is 6.43. The largest absolute Gasteiger partial charge is 0.442 e. The third-order valence-electron chi connectivity index (χ3n) is 4.11. The molecule has 0 unspecified atom stereocenters. The molecule has 0 spiro atoms. The third kappa shape index (κ3) is 2.38. The zero-order valence-corrected chi connectivity index (χ0v) is 12.3. The quantitative estimate of drug-likeness (QED) is 0.875. The van der Waals surface area contributed by atoms with Gasteiger partial charge in [-0.1, -0.05) is 6.07 Å². The summed E-state index contributed by atoms with van der Waals surface area (Å²) in [4.78, 5) is 19.9. The highest BCUT2D eigenvalue weighted by Crippen LogP contribution is 2.37. The van der Waals surface area contributed by atoms with Gasteiger partial charge in [0.05, 0.1) is 24.1 Å². The number of morpholine rings is 1. The maximum Gasteiger partial charge on any atom is 0.276 e. The lowest BCUT2D eigenvalue weighted by atomic mass is 10.1. The van der Waals surface area contributed by atoms with Gasteiger partial charge in [-0.15, -0.1) is 11.3 Å². The Balaban J connectivity index is 1.63. The summed E-state index contributed by atoms with van der Waals surface area (Å²) in [6, 6.07) is 4.08. The van der Waals surface area contributed by atoms with Crippen molar-refractivity contribution in [3.63, 3.8) is 0 Å². The molecule has 2 aromatic heterocycles. The highest BCUT2D eigenvalue weighted by Gasteiger charge is 2.40. The van der Waals surface area contributed by atoms with Crippen molar-refractivity contribution in [2.45, 2.75) is 18.9 Å². The Hall–Kier alpha value is -1.66. The summed E-state index contributed by atoms with van der Waals surface area (Å²) in [6.45, 7) is 1.88. The summed E-state index contributed by atoms with van der Waals surface area (Å²) in [6.07, 6.45) is 3.73.